The fourth-order valence-corrected chi connectivity index (χ4v) is 2.36. The van der Waals surface area contributed by atoms with Crippen molar-refractivity contribution in [1.29, 1.82) is 0 Å². The van der Waals surface area contributed by atoms with Gasteiger partial charge >= 0.3 is 0 Å². The molecular formula is C13H20BrN5. The fraction of sp³-hybridized carbons (Fsp3) is 0.538. The molecule has 0 aliphatic carbocycles. The van der Waals surface area contributed by atoms with E-state index in [1.54, 1.807) is 0 Å². The smallest absolute Gasteiger partial charge is 0.0839 e. The second-order valence-corrected chi connectivity index (χ2v) is 5.80. The lowest BCUT2D eigenvalue weighted by Gasteiger charge is -2.06. The van der Waals surface area contributed by atoms with Crippen LogP contribution in [0.3, 0.4) is 0 Å². The molecular weight excluding hydrogens is 306 g/mol. The van der Waals surface area contributed by atoms with Crippen LogP contribution in [-0.2, 0) is 20.1 Å². The molecule has 0 spiro atoms. The highest BCUT2D eigenvalue weighted by molar-refractivity contribution is 9.10. The molecule has 0 bridgehead atoms. The summed E-state index contributed by atoms with van der Waals surface area (Å²) in [5.74, 6) is 0. The second-order valence-electron chi connectivity index (χ2n) is 5.01. The minimum atomic E-state index is 0.471. The zero-order valence-electron chi connectivity index (χ0n) is 11.8. The van der Waals surface area contributed by atoms with E-state index in [0.717, 1.165) is 34.6 Å². The van der Waals surface area contributed by atoms with E-state index in [-0.39, 0.29) is 0 Å². The van der Waals surface area contributed by atoms with Gasteiger partial charge in [0.2, 0.25) is 0 Å². The number of hydrogen-bond donors (Lipinski definition) is 1. The zero-order valence-corrected chi connectivity index (χ0v) is 13.4. The molecule has 0 atom stereocenters. The minimum Gasteiger partial charge on any atom is -0.309 e. The normalized spacial score (nSPS) is 11.5. The molecule has 0 aromatic carbocycles. The highest BCUT2D eigenvalue weighted by Gasteiger charge is 2.11. The average molecular weight is 326 g/mol. The van der Waals surface area contributed by atoms with Crippen LogP contribution in [0.15, 0.2) is 16.7 Å². The molecule has 104 valence electrons. The van der Waals surface area contributed by atoms with Crippen molar-refractivity contribution in [3.63, 3.8) is 0 Å². The van der Waals surface area contributed by atoms with Crippen molar-refractivity contribution in [1.82, 2.24) is 24.9 Å². The highest BCUT2D eigenvalue weighted by atomic mass is 79.9. The Morgan fingerprint density at radius 3 is 2.68 bits per heavy atom. The third-order valence-corrected chi connectivity index (χ3v) is 3.99. The number of rotatable bonds is 5. The Labute approximate surface area is 122 Å². The van der Waals surface area contributed by atoms with Crippen molar-refractivity contribution >= 4 is 15.9 Å². The summed E-state index contributed by atoms with van der Waals surface area (Å²) in [6, 6.07) is 2.52. The van der Waals surface area contributed by atoms with Crippen LogP contribution in [0, 0.1) is 6.92 Å². The maximum Gasteiger partial charge on any atom is 0.0839 e. The first kappa shape index (κ1) is 14.3. The van der Waals surface area contributed by atoms with Crippen molar-refractivity contribution < 1.29 is 0 Å². The molecule has 6 heteroatoms. The number of hydrogen-bond acceptors (Lipinski definition) is 3. The van der Waals surface area contributed by atoms with Crippen LogP contribution in [0.1, 0.15) is 30.9 Å². The average Bonchev–Trinajstić information content (AvgIpc) is 2.88. The highest BCUT2D eigenvalue weighted by Crippen LogP contribution is 2.20. The van der Waals surface area contributed by atoms with E-state index in [9.17, 15) is 0 Å². The van der Waals surface area contributed by atoms with Crippen LogP contribution >= 0.6 is 15.9 Å². The maximum absolute atomic E-state index is 4.56. The van der Waals surface area contributed by atoms with Gasteiger partial charge in [0.05, 0.1) is 28.1 Å². The third kappa shape index (κ3) is 3.45. The lowest BCUT2D eigenvalue weighted by Crippen LogP contribution is -2.22. The minimum absolute atomic E-state index is 0.471. The van der Waals surface area contributed by atoms with Crippen molar-refractivity contribution in [3.8, 4) is 0 Å². The van der Waals surface area contributed by atoms with Gasteiger partial charge in [0.1, 0.15) is 0 Å². The Kier molecular flexibility index (Phi) is 4.42. The van der Waals surface area contributed by atoms with Gasteiger partial charge in [-0.25, -0.2) is 0 Å². The van der Waals surface area contributed by atoms with Crippen molar-refractivity contribution in [2.75, 3.05) is 0 Å². The third-order valence-electron chi connectivity index (χ3n) is 2.96. The van der Waals surface area contributed by atoms with Crippen molar-refractivity contribution in [3.05, 3.63) is 33.8 Å². The Morgan fingerprint density at radius 1 is 1.37 bits per heavy atom. The van der Waals surface area contributed by atoms with Crippen molar-refractivity contribution in [2.24, 2.45) is 7.05 Å². The summed E-state index contributed by atoms with van der Waals surface area (Å²) in [5, 5.41) is 12.3. The molecule has 2 aromatic heterocycles. The maximum atomic E-state index is 4.56. The molecule has 0 aliphatic rings. The van der Waals surface area contributed by atoms with Gasteiger partial charge < -0.3 is 5.32 Å². The summed E-state index contributed by atoms with van der Waals surface area (Å²) < 4.78 is 4.90. The summed E-state index contributed by atoms with van der Waals surface area (Å²) in [5.41, 5.74) is 3.19. The summed E-state index contributed by atoms with van der Waals surface area (Å²) in [4.78, 5) is 0. The van der Waals surface area contributed by atoms with Crippen LogP contribution in [-0.4, -0.2) is 25.6 Å². The van der Waals surface area contributed by atoms with E-state index < -0.39 is 0 Å². The van der Waals surface area contributed by atoms with E-state index in [1.807, 2.05) is 35.6 Å². The Bertz CT molecular complexity index is 555. The van der Waals surface area contributed by atoms with E-state index in [0.29, 0.717) is 6.04 Å². The summed E-state index contributed by atoms with van der Waals surface area (Å²) in [6.07, 6.45) is 2.01. The quantitative estimate of drug-likeness (QED) is 0.917. The first-order chi connectivity index (χ1) is 8.97. The molecule has 0 radical (unpaired) electrons. The van der Waals surface area contributed by atoms with Gasteiger partial charge in [-0.15, -0.1) is 0 Å². The Hall–Kier alpha value is -1.14. The van der Waals surface area contributed by atoms with Gasteiger partial charge in [0.15, 0.2) is 0 Å². The molecule has 0 unspecified atom stereocenters. The van der Waals surface area contributed by atoms with Crippen LogP contribution in [0.25, 0.3) is 0 Å². The van der Waals surface area contributed by atoms with Crippen LogP contribution in [0.2, 0.25) is 0 Å². The van der Waals surface area contributed by atoms with E-state index in [1.165, 1.54) is 0 Å². The van der Waals surface area contributed by atoms with Gasteiger partial charge in [-0.05, 0) is 28.9 Å². The first-order valence-electron chi connectivity index (χ1n) is 6.41. The molecule has 0 saturated heterocycles. The molecule has 5 nitrogen and oxygen atoms in total. The molecule has 0 fully saturated rings. The predicted molar refractivity (Wildman–Crippen MR) is 78.9 cm³/mol. The van der Waals surface area contributed by atoms with Crippen molar-refractivity contribution in [2.45, 2.75) is 39.9 Å². The Morgan fingerprint density at radius 2 is 2.11 bits per heavy atom. The summed E-state index contributed by atoms with van der Waals surface area (Å²) in [6.45, 7) is 7.78. The van der Waals surface area contributed by atoms with Gasteiger partial charge in [-0.1, -0.05) is 13.8 Å². The van der Waals surface area contributed by atoms with E-state index in [4.69, 9.17) is 0 Å². The Balaban J connectivity index is 2.07. The number of nitrogens with zero attached hydrogens (tertiary/aromatic N) is 4. The molecule has 19 heavy (non-hydrogen) atoms. The van der Waals surface area contributed by atoms with E-state index in [2.05, 4.69) is 45.3 Å². The lowest BCUT2D eigenvalue weighted by molar-refractivity contribution is 0.563. The molecule has 2 aromatic rings. The molecule has 2 heterocycles. The lowest BCUT2D eigenvalue weighted by atomic mass is 10.3. The monoisotopic (exact) mass is 325 g/mol. The van der Waals surface area contributed by atoms with E-state index >= 15 is 0 Å². The standard InChI is InChI=1S/C13H20BrN5/c1-9(2)15-7-11-5-6-19(17-11)8-12-13(14)10(3)16-18(12)4/h5-6,9,15H,7-8H2,1-4H3. The van der Waals surface area contributed by atoms with Crippen LogP contribution in [0.5, 0.6) is 0 Å². The fourth-order valence-electron chi connectivity index (χ4n) is 1.90. The summed E-state index contributed by atoms with van der Waals surface area (Å²) >= 11 is 3.58. The molecule has 0 amide bonds. The van der Waals surface area contributed by atoms with Gasteiger partial charge in [-0.3, -0.25) is 9.36 Å². The number of nitrogens with one attached hydrogen (secondary N) is 1. The van der Waals surface area contributed by atoms with Gasteiger partial charge in [-0.2, -0.15) is 10.2 Å². The molecule has 1 N–H and O–H groups in total. The summed E-state index contributed by atoms with van der Waals surface area (Å²) in [7, 11) is 1.96. The van der Waals surface area contributed by atoms with Crippen LogP contribution in [0.4, 0.5) is 0 Å². The molecule has 0 aliphatic heterocycles. The number of aryl methyl sites for hydroxylation is 2. The number of aromatic nitrogens is 4. The zero-order chi connectivity index (χ0) is 14.0. The SMILES string of the molecule is Cc1nn(C)c(Cn2ccc(CNC(C)C)n2)c1Br. The van der Waals surface area contributed by atoms with Gasteiger partial charge in [0.25, 0.3) is 0 Å². The topological polar surface area (TPSA) is 47.7 Å². The molecule has 2 rings (SSSR count). The molecule has 0 saturated carbocycles. The number of halogens is 1. The largest absolute Gasteiger partial charge is 0.309 e. The van der Waals surface area contributed by atoms with Gasteiger partial charge in [0, 0.05) is 25.8 Å². The first-order valence-corrected chi connectivity index (χ1v) is 7.20. The predicted octanol–water partition coefficient (Wildman–Crippen LogP) is 2.23. The van der Waals surface area contributed by atoms with Crippen LogP contribution < -0.4 is 5.32 Å². The second kappa shape index (κ2) is 5.88.